The average molecular weight is 178 g/mol. The van der Waals surface area contributed by atoms with Gasteiger partial charge in [0.2, 0.25) is 0 Å². The maximum atomic E-state index is 10.1. The molecule has 0 spiro atoms. The summed E-state index contributed by atoms with van der Waals surface area (Å²) >= 11 is 0. The molecule has 0 aromatic heterocycles. The molecule has 0 aliphatic carbocycles. The lowest BCUT2D eigenvalue weighted by atomic mass is 10.1. The molecule has 0 amide bonds. The predicted molar refractivity (Wildman–Crippen MR) is 49.0 cm³/mol. The summed E-state index contributed by atoms with van der Waals surface area (Å²) in [7, 11) is 0. The molecule has 1 N–H and O–H groups in total. The number of allylic oxidation sites excluding steroid dienone is 1. The van der Waals surface area contributed by atoms with E-state index in [4.69, 9.17) is 5.11 Å². The van der Waals surface area contributed by atoms with E-state index in [0.29, 0.717) is 5.75 Å². The predicted octanol–water partition coefficient (Wildman–Crippen LogP) is 2.47. The van der Waals surface area contributed by atoms with E-state index in [-0.39, 0.29) is 0 Å². The molecule has 0 radical (unpaired) electrons. The van der Waals surface area contributed by atoms with Crippen molar-refractivity contribution in [2.24, 2.45) is 0 Å². The molecule has 0 bridgehead atoms. The summed E-state index contributed by atoms with van der Waals surface area (Å²) in [5, 5.41) is 8.30. The van der Waals surface area contributed by atoms with Crippen molar-refractivity contribution in [2.45, 2.75) is 6.42 Å². The summed E-state index contributed by atoms with van der Waals surface area (Å²) in [6.45, 7) is 3.60. The fraction of sp³-hybridized carbons (Fsp3) is 0.100. The lowest BCUT2D eigenvalue weighted by Gasteiger charge is -2.00. The molecule has 0 fully saturated rings. The molecular formula is C10H10O3. The Balaban J connectivity index is 2.69. The zero-order valence-electron chi connectivity index (χ0n) is 7.06. The number of hydrogen-bond donors (Lipinski definition) is 1. The van der Waals surface area contributed by atoms with Crippen LogP contribution < -0.4 is 4.74 Å². The van der Waals surface area contributed by atoms with Crippen molar-refractivity contribution in [3.05, 3.63) is 42.5 Å². The number of carbonyl (C=O) groups is 1. The lowest BCUT2D eigenvalue weighted by molar-refractivity contribution is 0.144. The third-order valence-electron chi connectivity index (χ3n) is 1.51. The Labute approximate surface area is 76.3 Å². The van der Waals surface area contributed by atoms with Gasteiger partial charge in [-0.15, -0.1) is 6.58 Å². The quantitative estimate of drug-likeness (QED) is 0.439. The monoisotopic (exact) mass is 178 g/mol. The highest BCUT2D eigenvalue weighted by molar-refractivity contribution is 5.61. The number of ether oxygens (including phenoxy) is 1. The average Bonchev–Trinajstić information content (AvgIpc) is 2.08. The summed E-state index contributed by atoms with van der Waals surface area (Å²) in [6.07, 6.45) is 1.26. The van der Waals surface area contributed by atoms with Crippen LogP contribution in [-0.2, 0) is 6.42 Å². The van der Waals surface area contributed by atoms with E-state index >= 15 is 0 Å². The van der Waals surface area contributed by atoms with Crippen LogP contribution in [0.5, 0.6) is 5.75 Å². The van der Waals surface area contributed by atoms with Crippen LogP contribution in [0.4, 0.5) is 4.79 Å². The molecule has 0 saturated heterocycles. The summed E-state index contributed by atoms with van der Waals surface area (Å²) in [5.74, 6) is 0.334. The summed E-state index contributed by atoms with van der Waals surface area (Å²) < 4.78 is 4.44. The number of carboxylic acid groups (broad SMARTS) is 1. The van der Waals surface area contributed by atoms with Gasteiger partial charge in [0, 0.05) is 0 Å². The second-order valence-corrected chi connectivity index (χ2v) is 2.50. The summed E-state index contributed by atoms with van der Waals surface area (Å²) in [6, 6.07) is 6.85. The van der Waals surface area contributed by atoms with E-state index in [1.54, 1.807) is 30.3 Å². The normalized spacial score (nSPS) is 9.23. The first-order valence-corrected chi connectivity index (χ1v) is 3.83. The van der Waals surface area contributed by atoms with Gasteiger partial charge in [-0.25, -0.2) is 4.79 Å². The van der Waals surface area contributed by atoms with Crippen molar-refractivity contribution in [3.8, 4) is 5.75 Å². The van der Waals surface area contributed by atoms with Crippen LogP contribution in [0.1, 0.15) is 5.56 Å². The van der Waals surface area contributed by atoms with E-state index in [0.717, 1.165) is 12.0 Å². The fourth-order valence-electron chi connectivity index (χ4n) is 0.961. The molecule has 3 heteroatoms. The fourth-order valence-corrected chi connectivity index (χ4v) is 0.961. The number of rotatable bonds is 3. The summed E-state index contributed by atoms with van der Waals surface area (Å²) in [4.78, 5) is 10.1. The van der Waals surface area contributed by atoms with Crippen molar-refractivity contribution < 1.29 is 14.6 Å². The Kier molecular flexibility index (Phi) is 3.09. The van der Waals surface area contributed by atoms with Crippen molar-refractivity contribution >= 4 is 6.16 Å². The molecule has 0 aliphatic heterocycles. The van der Waals surface area contributed by atoms with Crippen LogP contribution in [0.3, 0.4) is 0 Å². The Morgan fingerprint density at radius 1 is 1.46 bits per heavy atom. The van der Waals surface area contributed by atoms with Crippen LogP contribution >= 0.6 is 0 Å². The van der Waals surface area contributed by atoms with Gasteiger partial charge in [0.25, 0.3) is 0 Å². The number of benzene rings is 1. The highest BCUT2D eigenvalue weighted by Crippen LogP contribution is 2.12. The molecular weight excluding hydrogens is 168 g/mol. The SMILES string of the molecule is C=CCc1ccc(OC(=O)O)cc1. The van der Waals surface area contributed by atoms with Gasteiger partial charge in [-0.1, -0.05) is 18.2 Å². The van der Waals surface area contributed by atoms with Gasteiger partial charge >= 0.3 is 6.16 Å². The second kappa shape index (κ2) is 4.30. The van der Waals surface area contributed by atoms with Crippen LogP contribution in [0, 0.1) is 0 Å². The van der Waals surface area contributed by atoms with E-state index in [1.807, 2.05) is 0 Å². The molecule has 1 aromatic carbocycles. The molecule has 3 nitrogen and oxygen atoms in total. The van der Waals surface area contributed by atoms with Crippen LogP contribution in [-0.4, -0.2) is 11.3 Å². The molecule has 68 valence electrons. The Morgan fingerprint density at radius 2 is 2.08 bits per heavy atom. The van der Waals surface area contributed by atoms with Gasteiger partial charge in [0.15, 0.2) is 0 Å². The van der Waals surface area contributed by atoms with Gasteiger partial charge in [-0.2, -0.15) is 0 Å². The van der Waals surface area contributed by atoms with Gasteiger partial charge in [-0.3, -0.25) is 0 Å². The van der Waals surface area contributed by atoms with Gasteiger partial charge < -0.3 is 9.84 Å². The van der Waals surface area contributed by atoms with E-state index in [9.17, 15) is 4.79 Å². The molecule has 1 rings (SSSR count). The standard InChI is InChI=1S/C10H10O3/c1-2-3-8-4-6-9(7-5-8)13-10(11)12/h2,4-7H,1,3H2,(H,11,12). The molecule has 0 saturated carbocycles. The zero-order valence-corrected chi connectivity index (χ0v) is 7.06. The van der Waals surface area contributed by atoms with E-state index in [2.05, 4.69) is 11.3 Å². The van der Waals surface area contributed by atoms with E-state index < -0.39 is 6.16 Å². The van der Waals surface area contributed by atoms with Crippen LogP contribution in [0.25, 0.3) is 0 Å². The van der Waals surface area contributed by atoms with Gasteiger partial charge in [0.1, 0.15) is 5.75 Å². The minimum absolute atomic E-state index is 0.334. The maximum Gasteiger partial charge on any atom is 0.511 e. The Hall–Kier alpha value is -1.77. The smallest absolute Gasteiger partial charge is 0.449 e. The Bertz CT molecular complexity index is 300. The lowest BCUT2D eigenvalue weighted by Crippen LogP contribution is -2.02. The number of hydrogen-bond acceptors (Lipinski definition) is 2. The minimum Gasteiger partial charge on any atom is -0.449 e. The van der Waals surface area contributed by atoms with E-state index in [1.165, 1.54) is 0 Å². The highest BCUT2D eigenvalue weighted by Gasteiger charge is 1.99. The van der Waals surface area contributed by atoms with Gasteiger partial charge in [0.05, 0.1) is 0 Å². The van der Waals surface area contributed by atoms with Crippen LogP contribution in [0.2, 0.25) is 0 Å². The zero-order chi connectivity index (χ0) is 9.68. The second-order valence-electron chi connectivity index (χ2n) is 2.50. The molecule has 0 atom stereocenters. The van der Waals surface area contributed by atoms with Crippen LogP contribution in [0.15, 0.2) is 36.9 Å². The molecule has 13 heavy (non-hydrogen) atoms. The highest BCUT2D eigenvalue weighted by atomic mass is 16.7. The van der Waals surface area contributed by atoms with Crippen molar-refractivity contribution in [2.75, 3.05) is 0 Å². The third kappa shape index (κ3) is 2.99. The summed E-state index contributed by atoms with van der Waals surface area (Å²) in [5.41, 5.74) is 1.08. The molecule has 0 aliphatic rings. The molecule has 0 heterocycles. The topological polar surface area (TPSA) is 46.5 Å². The third-order valence-corrected chi connectivity index (χ3v) is 1.51. The van der Waals surface area contributed by atoms with Crippen molar-refractivity contribution in [3.63, 3.8) is 0 Å². The van der Waals surface area contributed by atoms with Gasteiger partial charge in [-0.05, 0) is 24.1 Å². The molecule has 1 aromatic rings. The molecule has 0 unspecified atom stereocenters. The first kappa shape index (κ1) is 9.32. The first-order chi connectivity index (χ1) is 6.22. The first-order valence-electron chi connectivity index (χ1n) is 3.83. The largest absolute Gasteiger partial charge is 0.511 e. The van der Waals surface area contributed by atoms with Crippen molar-refractivity contribution in [1.29, 1.82) is 0 Å². The minimum atomic E-state index is -1.29. The Morgan fingerprint density at radius 3 is 2.54 bits per heavy atom. The maximum absolute atomic E-state index is 10.1. The van der Waals surface area contributed by atoms with Crippen molar-refractivity contribution in [1.82, 2.24) is 0 Å².